The van der Waals surface area contributed by atoms with Gasteiger partial charge >= 0.3 is 6.18 Å². The van der Waals surface area contributed by atoms with Crippen LogP contribution in [0.5, 0.6) is 0 Å². The molecule has 0 amide bonds. The second-order valence-corrected chi connectivity index (χ2v) is 6.28. The van der Waals surface area contributed by atoms with Gasteiger partial charge in [0, 0.05) is 4.47 Å². The van der Waals surface area contributed by atoms with E-state index in [-0.39, 0.29) is 5.92 Å². The molecule has 1 saturated carbocycles. The minimum atomic E-state index is -4.38. The summed E-state index contributed by atoms with van der Waals surface area (Å²) in [6.45, 7) is 0. The van der Waals surface area contributed by atoms with Gasteiger partial charge in [0.15, 0.2) is 0 Å². The van der Waals surface area contributed by atoms with Gasteiger partial charge in [-0.2, -0.15) is 13.2 Å². The fourth-order valence-electron chi connectivity index (χ4n) is 2.83. The normalized spacial score (nSPS) is 19.6. The van der Waals surface area contributed by atoms with E-state index in [9.17, 15) is 18.3 Å². The number of hydrogen-bond donors (Lipinski definition) is 1. The summed E-state index contributed by atoms with van der Waals surface area (Å²) in [5.41, 5.74) is -0.352. The van der Waals surface area contributed by atoms with E-state index < -0.39 is 17.8 Å². The van der Waals surface area contributed by atoms with Crippen LogP contribution in [-0.2, 0) is 6.18 Å². The van der Waals surface area contributed by atoms with Gasteiger partial charge in [-0.25, -0.2) is 0 Å². The molecule has 1 aromatic rings. The third kappa shape index (κ3) is 3.76. The molecule has 0 bridgehead atoms. The first-order valence-electron chi connectivity index (χ1n) is 6.94. The Balaban J connectivity index is 2.25. The third-order valence-corrected chi connectivity index (χ3v) is 4.71. The lowest BCUT2D eigenvalue weighted by Gasteiger charge is -2.23. The lowest BCUT2D eigenvalue weighted by atomic mass is 9.89. The van der Waals surface area contributed by atoms with Crippen LogP contribution in [-0.4, -0.2) is 5.11 Å². The molecule has 1 aromatic carbocycles. The average molecular weight is 351 g/mol. The average Bonchev–Trinajstić information content (AvgIpc) is 2.66. The molecular formula is C15H18BrF3O. The summed E-state index contributed by atoms with van der Waals surface area (Å²) < 4.78 is 38.9. The standard InChI is InChI=1S/C15H18BrF3O/c16-13-8-7-11(15(17,18)19)9-12(13)14(20)10-5-3-1-2-4-6-10/h7-10,14,20H,1-6H2. The van der Waals surface area contributed by atoms with E-state index >= 15 is 0 Å². The third-order valence-electron chi connectivity index (χ3n) is 3.99. The van der Waals surface area contributed by atoms with Crippen molar-refractivity contribution in [2.24, 2.45) is 5.92 Å². The number of aliphatic hydroxyl groups is 1. The van der Waals surface area contributed by atoms with E-state index in [1.807, 2.05) is 0 Å². The van der Waals surface area contributed by atoms with Crippen LogP contribution in [0.2, 0.25) is 0 Å². The molecule has 1 N–H and O–H groups in total. The maximum absolute atomic E-state index is 12.8. The maximum atomic E-state index is 12.8. The summed E-state index contributed by atoms with van der Waals surface area (Å²) in [7, 11) is 0. The van der Waals surface area contributed by atoms with E-state index in [4.69, 9.17) is 0 Å². The van der Waals surface area contributed by atoms with Gasteiger partial charge in [-0.1, -0.05) is 41.6 Å². The van der Waals surface area contributed by atoms with Crippen LogP contribution >= 0.6 is 15.9 Å². The maximum Gasteiger partial charge on any atom is 0.416 e. The molecule has 1 nitrogen and oxygen atoms in total. The van der Waals surface area contributed by atoms with Crippen molar-refractivity contribution >= 4 is 15.9 Å². The minimum absolute atomic E-state index is 0.0530. The molecular weight excluding hydrogens is 333 g/mol. The molecule has 1 aliphatic rings. The molecule has 0 saturated heterocycles. The van der Waals surface area contributed by atoms with Gasteiger partial charge in [0.05, 0.1) is 11.7 Å². The van der Waals surface area contributed by atoms with Gasteiger partial charge in [0.1, 0.15) is 0 Å². The molecule has 1 atom stereocenters. The zero-order chi connectivity index (χ0) is 14.8. The fourth-order valence-corrected chi connectivity index (χ4v) is 3.31. The van der Waals surface area contributed by atoms with Crippen molar-refractivity contribution < 1.29 is 18.3 Å². The molecule has 0 aliphatic heterocycles. The highest BCUT2D eigenvalue weighted by Gasteiger charge is 2.32. The van der Waals surface area contributed by atoms with E-state index in [1.54, 1.807) is 0 Å². The number of aliphatic hydroxyl groups excluding tert-OH is 1. The summed E-state index contributed by atoms with van der Waals surface area (Å²) >= 11 is 3.26. The van der Waals surface area contributed by atoms with E-state index in [2.05, 4.69) is 15.9 Å². The van der Waals surface area contributed by atoms with E-state index in [0.29, 0.717) is 10.0 Å². The van der Waals surface area contributed by atoms with Gasteiger partial charge in [0.25, 0.3) is 0 Å². The van der Waals surface area contributed by atoms with Crippen molar-refractivity contribution in [1.29, 1.82) is 0 Å². The zero-order valence-electron chi connectivity index (χ0n) is 11.1. The first-order valence-corrected chi connectivity index (χ1v) is 7.73. The van der Waals surface area contributed by atoms with Crippen LogP contribution in [0, 0.1) is 5.92 Å². The van der Waals surface area contributed by atoms with Crippen LogP contribution in [0.1, 0.15) is 55.8 Å². The topological polar surface area (TPSA) is 20.2 Å². The Morgan fingerprint density at radius 1 is 1.10 bits per heavy atom. The highest BCUT2D eigenvalue weighted by atomic mass is 79.9. The first kappa shape index (κ1) is 15.8. The Hall–Kier alpha value is -0.550. The quantitative estimate of drug-likeness (QED) is 0.701. The van der Waals surface area contributed by atoms with Gasteiger partial charge in [-0.05, 0) is 42.5 Å². The number of benzene rings is 1. The molecule has 112 valence electrons. The Bertz CT molecular complexity index is 451. The Kier molecular flexibility index (Phi) is 5.13. The van der Waals surface area contributed by atoms with Crippen LogP contribution in [0.4, 0.5) is 13.2 Å². The lowest BCUT2D eigenvalue weighted by molar-refractivity contribution is -0.137. The molecule has 5 heteroatoms. The predicted molar refractivity (Wildman–Crippen MR) is 75.3 cm³/mol. The van der Waals surface area contributed by atoms with Crippen molar-refractivity contribution in [3.8, 4) is 0 Å². The predicted octanol–water partition coefficient (Wildman–Crippen LogP) is 5.47. The Morgan fingerprint density at radius 3 is 2.25 bits per heavy atom. The van der Waals surface area contributed by atoms with Crippen LogP contribution in [0.15, 0.2) is 22.7 Å². The van der Waals surface area contributed by atoms with Crippen molar-refractivity contribution in [2.45, 2.75) is 50.8 Å². The highest BCUT2D eigenvalue weighted by molar-refractivity contribution is 9.10. The molecule has 1 fully saturated rings. The lowest BCUT2D eigenvalue weighted by Crippen LogP contribution is -2.14. The van der Waals surface area contributed by atoms with Crippen molar-refractivity contribution in [3.63, 3.8) is 0 Å². The number of alkyl halides is 3. The Morgan fingerprint density at radius 2 is 1.70 bits per heavy atom. The van der Waals surface area contributed by atoms with Gasteiger partial charge in [-0.15, -0.1) is 0 Å². The smallest absolute Gasteiger partial charge is 0.388 e. The number of rotatable bonds is 2. The molecule has 0 spiro atoms. The summed E-state index contributed by atoms with van der Waals surface area (Å²) in [5.74, 6) is 0.0530. The van der Waals surface area contributed by atoms with Crippen molar-refractivity contribution in [3.05, 3.63) is 33.8 Å². The molecule has 0 heterocycles. The van der Waals surface area contributed by atoms with Crippen molar-refractivity contribution in [1.82, 2.24) is 0 Å². The monoisotopic (exact) mass is 350 g/mol. The molecule has 1 unspecified atom stereocenters. The molecule has 0 aromatic heterocycles. The van der Waals surface area contributed by atoms with Crippen LogP contribution in [0.25, 0.3) is 0 Å². The first-order chi connectivity index (χ1) is 9.39. The second-order valence-electron chi connectivity index (χ2n) is 5.43. The molecule has 2 rings (SSSR count). The van der Waals surface area contributed by atoms with Crippen LogP contribution in [0.3, 0.4) is 0 Å². The Labute approximate surface area is 125 Å². The SMILES string of the molecule is OC(c1cc(C(F)(F)F)ccc1Br)C1CCCCCC1. The van der Waals surface area contributed by atoms with Gasteiger partial charge in [-0.3, -0.25) is 0 Å². The number of hydrogen-bond acceptors (Lipinski definition) is 1. The van der Waals surface area contributed by atoms with Gasteiger partial charge < -0.3 is 5.11 Å². The van der Waals surface area contributed by atoms with Crippen LogP contribution < -0.4 is 0 Å². The molecule has 20 heavy (non-hydrogen) atoms. The minimum Gasteiger partial charge on any atom is -0.388 e. The summed E-state index contributed by atoms with van der Waals surface area (Å²) in [4.78, 5) is 0. The largest absolute Gasteiger partial charge is 0.416 e. The summed E-state index contributed by atoms with van der Waals surface area (Å²) in [6.07, 6.45) is 0.924. The summed E-state index contributed by atoms with van der Waals surface area (Å²) in [6, 6.07) is 3.48. The second kappa shape index (κ2) is 6.48. The van der Waals surface area contributed by atoms with E-state index in [1.165, 1.54) is 6.07 Å². The highest BCUT2D eigenvalue weighted by Crippen LogP contribution is 2.39. The number of halogens is 4. The van der Waals surface area contributed by atoms with Crippen molar-refractivity contribution in [2.75, 3.05) is 0 Å². The van der Waals surface area contributed by atoms with E-state index in [0.717, 1.165) is 50.7 Å². The molecule has 1 aliphatic carbocycles. The van der Waals surface area contributed by atoms with Gasteiger partial charge in [0.2, 0.25) is 0 Å². The zero-order valence-corrected chi connectivity index (χ0v) is 12.7. The molecule has 0 radical (unpaired) electrons. The fraction of sp³-hybridized carbons (Fsp3) is 0.600. The summed E-state index contributed by atoms with van der Waals surface area (Å²) in [5, 5.41) is 10.4.